The average Bonchev–Trinajstić information content (AvgIpc) is 2.36. The molecule has 1 aliphatic heterocycles. The number of hydrogen-bond donors (Lipinski definition) is 2. The molecule has 0 radical (unpaired) electrons. The standard InChI is InChI=1S/C11H14FIN2O2S/c12-9-2-1-3-10(11(9)13)15-18(16,17)8-4-6-14-7-5-8/h1-3,8,14-15H,4-7H2. The van der Waals surface area contributed by atoms with Crippen molar-refractivity contribution in [2.75, 3.05) is 17.8 Å². The topological polar surface area (TPSA) is 58.2 Å². The van der Waals surface area contributed by atoms with Gasteiger partial charge in [0, 0.05) is 0 Å². The van der Waals surface area contributed by atoms with Crippen molar-refractivity contribution >= 4 is 38.3 Å². The molecule has 0 unspecified atom stereocenters. The van der Waals surface area contributed by atoms with Gasteiger partial charge in [0.25, 0.3) is 0 Å². The first-order chi connectivity index (χ1) is 8.50. The van der Waals surface area contributed by atoms with Crippen LogP contribution >= 0.6 is 22.6 Å². The molecule has 2 N–H and O–H groups in total. The third-order valence-electron chi connectivity index (χ3n) is 2.93. The summed E-state index contributed by atoms with van der Waals surface area (Å²) in [6, 6.07) is 4.38. The predicted octanol–water partition coefficient (Wildman–Crippen LogP) is 1.92. The Labute approximate surface area is 120 Å². The number of rotatable bonds is 3. The van der Waals surface area contributed by atoms with E-state index >= 15 is 0 Å². The molecular formula is C11H14FIN2O2S. The summed E-state index contributed by atoms with van der Waals surface area (Å²) in [6.07, 6.45) is 1.17. The zero-order valence-corrected chi connectivity index (χ0v) is 12.6. The molecule has 1 saturated heterocycles. The van der Waals surface area contributed by atoms with E-state index in [0.29, 0.717) is 35.2 Å². The Hall–Kier alpha value is -0.410. The number of nitrogens with one attached hydrogen (secondary N) is 2. The summed E-state index contributed by atoms with van der Waals surface area (Å²) < 4.78 is 40.4. The molecule has 7 heteroatoms. The highest BCUT2D eigenvalue weighted by Gasteiger charge is 2.27. The number of hydrogen-bond acceptors (Lipinski definition) is 3. The van der Waals surface area contributed by atoms with Gasteiger partial charge in [-0.1, -0.05) is 6.07 Å². The summed E-state index contributed by atoms with van der Waals surface area (Å²) in [6.45, 7) is 1.40. The first-order valence-corrected chi connectivity index (χ1v) is 8.29. The summed E-state index contributed by atoms with van der Waals surface area (Å²) in [7, 11) is -3.44. The zero-order valence-electron chi connectivity index (χ0n) is 9.62. The van der Waals surface area contributed by atoms with Gasteiger partial charge in [0.2, 0.25) is 10.0 Å². The Bertz CT molecular complexity index is 530. The molecule has 2 rings (SSSR count). The van der Waals surface area contributed by atoms with E-state index in [4.69, 9.17) is 0 Å². The summed E-state index contributed by atoms with van der Waals surface area (Å²) >= 11 is 1.80. The second-order valence-corrected chi connectivity index (χ2v) is 7.24. The van der Waals surface area contributed by atoms with E-state index in [0.717, 1.165) is 0 Å². The SMILES string of the molecule is O=S(=O)(Nc1cccc(F)c1I)C1CCNCC1. The van der Waals surface area contributed by atoms with Gasteiger partial charge in [-0.3, -0.25) is 4.72 Å². The van der Waals surface area contributed by atoms with E-state index in [9.17, 15) is 12.8 Å². The van der Waals surface area contributed by atoms with E-state index in [1.807, 2.05) is 0 Å². The van der Waals surface area contributed by atoms with Crippen molar-refractivity contribution < 1.29 is 12.8 Å². The van der Waals surface area contributed by atoms with Crippen LogP contribution in [0.2, 0.25) is 0 Å². The summed E-state index contributed by atoms with van der Waals surface area (Å²) in [5.41, 5.74) is 0.314. The molecule has 1 aliphatic rings. The number of anilines is 1. The molecule has 100 valence electrons. The fourth-order valence-electron chi connectivity index (χ4n) is 1.92. The van der Waals surface area contributed by atoms with E-state index < -0.39 is 21.1 Å². The van der Waals surface area contributed by atoms with E-state index in [1.165, 1.54) is 12.1 Å². The van der Waals surface area contributed by atoms with Crippen molar-refractivity contribution in [2.45, 2.75) is 18.1 Å². The highest BCUT2D eigenvalue weighted by molar-refractivity contribution is 14.1. The molecule has 1 heterocycles. The van der Waals surface area contributed by atoms with Crippen LogP contribution in [-0.2, 0) is 10.0 Å². The van der Waals surface area contributed by atoms with Gasteiger partial charge in [-0.05, 0) is 60.7 Å². The predicted molar refractivity (Wildman–Crippen MR) is 77.6 cm³/mol. The van der Waals surface area contributed by atoms with Crippen LogP contribution in [0.3, 0.4) is 0 Å². The minimum Gasteiger partial charge on any atom is -0.317 e. The van der Waals surface area contributed by atoms with Crippen molar-refractivity contribution in [3.8, 4) is 0 Å². The Balaban J connectivity index is 2.19. The average molecular weight is 384 g/mol. The molecule has 0 spiro atoms. The second kappa shape index (κ2) is 5.70. The molecule has 0 aliphatic carbocycles. The molecule has 0 bridgehead atoms. The number of sulfonamides is 1. The lowest BCUT2D eigenvalue weighted by atomic mass is 10.2. The molecule has 4 nitrogen and oxygen atoms in total. The smallest absolute Gasteiger partial charge is 0.235 e. The molecule has 0 amide bonds. The van der Waals surface area contributed by atoms with Crippen molar-refractivity contribution in [3.63, 3.8) is 0 Å². The first kappa shape index (κ1) is 14.0. The van der Waals surface area contributed by atoms with Gasteiger partial charge in [-0.15, -0.1) is 0 Å². The lowest BCUT2D eigenvalue weighted by Gasteiger charge is -2.23. The quantitative estimate of drug-likeness (QED) is 0.784. The molecule has 1 aromatic rings. The summed E-state index contributed by atoms with van der Waals surface area (Å²) in [4.78, 5) is 0. The molecule has 0 aromatic heterocycles. The van der Waals surface area contributed by atoms with Crippen LogP contribution in [0.5, 0.6) is 0 Å². The van der Waals surface area contributed by atoms with Gasteiger partial charge in [0.15, 0.2) is 0 Å². The third-order valence-corrected chi connectivity index (χ3v) is 5.88. The molecule has 0 saturated carbocycles. The van der Waals surface area contributed by atoms with Crippen LogP contribution in [-0.4, -0.2) is 26.8 Å². The molecular weight excluding hydrogens is 370 g/mol. The minimum absolute atomic E-state index is 0.299. The van der Waals surface area contributed by atoms with Crippen LogP contribution < -0.4 is 10.0 Å². The lowest BCUT2D eigenvalue weighted by Crippen LogP contribution is -2.38. The van der Waals surface area contributed by atoms with Gasteiger partial charge in [0.05, 0.1) is 14.5 Å². The van der Waals surface area contributed by atoms with Gasteiger partial charge in [-0.2, -0.15) is 0 Å². The van der Waals surface area contributed by atoms with Gasteiger partial charge < -0.3 is 5.32 Å². The Morgan fingerprint density at radius 2 is 2.00 bits per heavy atom. The van der Waals surface area contributed by atoms with Crippen molar-refractivity contribution in [1.29, 1.82) is 0 Å². The Kier molecular flexibility index (Phi) is 4.44. The number of piperidine rings is 1. The van der Waals surface area contributed by atoms with Crippen molar-refractivity contribution in [3.05, 3.63) is 27.6 Å². The van der Waals surface area contributed by atoms with E-state index in [2.05, 4.69) is 10.0 Å². The summed E-state index contributed by atoms with van der Waals surface area (Å²) in [5, 5.41) is 2.71. The zero-order chi connectivity index (χ0) is 13.2. The van der Waals surface area contributed by atoms with E-state index in [1.54, 1.807) is 28.7 Å². The fraction of sp³-hybridized carbons (Fsp3) is 0.455. The minimum atomic E-state index is -3.44. The maximum Gasteiger partial charge on any atom is 0.235 e. The molecule has 1 fully saturated rings. The normalized spacial score (nSPS) is 17.7. The highest BCUT2D eigenvalue weighted by atomic mass is 127. The van der Waals surface area contributed by atoms with Crippen LogP contribution in [0.1, 0.15) is 12.8 Å². The summed E-state index contributed by atoms with van der Waals surface area (Å²) in [5.74, 6) is -0.416. The van der Waals surface area contributed by atoms with Crippen molar-refractivity contribution in [1.82, 2.24) is 5.32 Å². The van der Waals surface area contributed by atoms with Crippen LogP contribution in [0.4, 0.5) is 10.1 Å². The van der Waals surface area contributed by atoms with Crippen LogP contribution in [0.25, 0.3) is 0 Å². The van der Waals surface area contributed by atoms with Gasteiger partial charge in [-0.25, -0.2) is 12.8 Å². The Morgan fingerprint density at radius 1 is 1.33 bits per heavy atom. The van der Waals surface area contributed by atoms with E-state index in [-0.39, 0.29) is 0 Å². The third kappa shape index (κ3) is 3.12. The number of benzene rings is 1. The van der Waals surface area contributed by atoms with Gasteiger partial charge in [0.1, 0.15) is 5.82 Å². The molecule has 1 aromatic carbocycles. The maximum absolute atomic E-state index is 13.3. The largest absolute Gasteiger partial charge is 0.317 e. The lowest BCUT2D eigenvalue weighted by molar-refractivity contribution is 0.499. The van der Waals surface area contributed by atoms with Gasteiger partial charge >= 0.3 is 0 Å². The molecule has 0 atom stereocenters. The maximum atomic E-state index is 13.3. The second-order valence-electron chi connectivity index (χ2n) is 4.20. The monoisotopic (exact) mass is 384 g/mol. The first-order valence-electron chi connectivity index (χ1n) is 5.67. The van der Waals surface area contributed by atoms with Crippen molar-refractivity contribution in [2.24, 2.45) is 0 Å². The van der Waals surface area contributed by atoms with Crippen LogP contribution in [0, 0.1) is 9.39 Å². The highest BCUT2D eigenvalue weighted by Crippen LogP contribution is 2.24. The Morgan fingerprint density at radius 3 is 2.67 bits per heavy atom. The fourth-order valence-corrected chi connectivity index (χ4v) is 4.10. The number of halogens is 2. The van der Waals surface area contributed by atoms with Crippen LogP contribution in [0.15, 0.2) is 18.2 Å². The molecule has 18 heavy (non-hydrogen) atoms.